The van der Waals surface area contributed by atoms with Crippen LogP contribution in [0.25, 0.3) is 0 Å². The maximum Gasteiger partial charge on any atom is 0.313 e. The fourth-order valence-corrected chi connectivity index (χ4v) is 2.08. The molecule has 1 atom stereocenters. The van der Waals surface area contributed by atoms with Gasteiger partial charge >= 0.3 is 11.8 Å². The second-order valence-electron chi connectivity index (χ2n) is 4.76. The maximum absolute atomic E-state index is 11.7. The van der Waals surface area contributed by atoms with Gasteiger partial charge in [0.1, 0.15) is 5.75 Å². The first kappa shape index (κ1) is 15.3. The van der Waals surface area contributed by atoms with Crippen LogP contribution in [-0.2, 0) is 14.3 Å². The third kappa shape index (κ3) is 4.75. The van der Waals surface area contributed by atoms with Crippen LogP contribution in [0.15, 0.2) is 24.3 Å². The first-order valence-corrected chi connectivity index (χ1v) is 7.12. The zero-order valence-corrected chi connectivity index (χ0v) is 12.1. The van der Waals surface area contributed by atoms with E-state index < -0.39 is 11.8 Å². The molecule has 6 nitrogen and oxygen atoms in total. The quantitative estimate of drug-likeness (QED) is 0.802. The largest absolute Gasteiger partial charge is 0.494 e. The van der Waals surface area contributed by atoms with Gasteiger partial charge in [0, 0.05) is 18.8 Å². The second-order valence-corrected chi connectivity index (χ2v) is 4.76. The Labute approximate surface area is 123 Å². The molecule has 114 valence electrons. The van der Waals surface area contributed by atoms with Crippen LogP contribution in [0.2, 0.25) is 0 Å². The van der Waals surface area contributed by atoms with Crippen LogP contribution in [-0.4, -0.2) is 37.7 Å². The first-order valence-electron chi connectivity index (χ1n) is 7.12. The lowest BCUT2D eigenvalue weighted by Crippen LogP contribution is -2.39. The molecule has 1 fully saturated rings. The Morgan fingerprint density at radius 3 is 2.67 bits per heavy atom. The predicted octanol–water partition coefficient (Wildman–Crippen LogP) is 1.32. The smallest absolute Gasteiger partial charge is 0.313 e. The van der Waals surface area contributed by atoms with Gasteiger partial charge in [0.25, 0.3) is 0 Å². The fourth-order valence-electron chi connectivity index (χ4n) is 2.08. The molecule has 0 spiro atoms. The van der Waals surface area contributed by atoms with E-state index in [1.165, 1.54) is 0 Å². The average Bonchev–Trinajstić information content (AvgIpc) is 3.00. The normalized spacial score (nSPS) is 17.3. The van der Waals surface area contributed by atoms with Crippen LogP contribution in [0.4, 0.5) is 5.69 Å². The number of rotatable bonds is 5. The van der Waals surface area contributed by atoms with Crippen molar-refractivity contribution in [1.29, 1.82) is 0 Å². The molecule has 1 aromatic rings. The van der Waals surface area contributed by atoms with Gasteiger partial charge in [0.05, 0.1) is 12.7 Å². The van der Waals surface area contributed by atoms with E-state index in [2.05, 4.69) is 10.6 Å². The number of nitrogens with one attached hydrogen (secondary N) is 2. The van der Waals surface area contributed by atoms with E-state index >= 15 is 0 Å². The van der Waals surface area contributed by atoms with Gasteiger partial charge in [-0.25, -0.2) is 0 Å². The molecular weight excluding hydrogens is 272 g/mol. The molecule has 0 unspecified atom stereocenters. The number of hydrogen-bond acceptors (Lipinski definition) is 4. The molecule has 0 saturated carbocycles. The minimum absolute atomic E-state index is 0.0206. The Bertz CT molecular complexity index is 481. The highest BCUT2D eigenvalue weighted by atomic mass is 16.5. The summed E-state index contributed by atoms with van der Waals surface area (Å²) in [4.78, 5) is 23.4. The van der Waals surface area contributed by atoms with Crippen molar-refractivity contribution >= 4 is 17.5 Å². The molecule has 1 aromatic carbocycles. The Morgan fingerprint density at radius 1 is 1.29 bits per heavy atom. The highest BCUT2D eigenvalue weighted by Gasteiger charge is 2.19. The number of ether oxygens (including phenoxy) is 2. The summed E-state index contributed by atoms with van der Waals surface area (Å²) < 4.78 is 10.7. The zero-order valence-electron chi connectivity index (χ0n) is 12.1. The molecule has 6 heteroatoms. The van der Waals surface area contributed by atoms with Crippen molar-refractivity contribution in [3.8, 4) is 5.75 Å². The summed E-state index contributed by atoms with van der Waals surface area (Å²) in [5.74, 6) is -0.616. The van der Waals surface area contributed by atoms with Crippen LogP contribution in [0.3, 0.4) is 0 Å². The van der Waals surface area contributed by atoms with Gasteiger partial charge in [-0.05, 0) is 44.0 Å². The minimum Gasteiger partial charge on any atom is -0.494 e. The van der Waals surface area contributed by atoms with Crippen molar-refractivity contribution in [3.63, 3.8) is 0 Å². The summed E-state index contributed by atoms with van der Waals surface area (Å²) in [5.41, 5.74) is 0.552. The van der Waals surface area contributed by atoms with Crippen molar-refractivity contribution in [2.75, 3.05) is 25.1 Å². The van der Waals surface area contributed by atoms with Crippen molar-refractivity contribution in [3.05, 3.63) is 24.3 Å². The van der Waals surface area contributed by atoms with E-state index in [4.69, 9.17) is 9.47 Å². The summed E-state index contributed by atoms with van der Waals surface area (Å²) in [6, 6.07) is 6.86. The molecule has 1 aliphatic heterocycles. The fraction of sp³-hybridized carbons (Fsp3) is 0.467. The molecule has 0 bridgehead atoms. The van der Waals surface area contributed by atoms with E-state index in [-0.39, 0.29) is 6.10 Å². The van der Waals surface area contributed by atoms with Gasteiger partial charge in [-0.15, -0.1) is 0 Å². The van der Waals surface area contributed by atoms with Crippen molar-refractivity contribution in [2.45, 2.75) is 25.9 Å². The van der Waals surface area contributed by atoms with Crippen LogP contribution >= 0.6 is 0 Å². The molecule has 2 rings (SSSR count). The Morgan fingerprint density at radius 2 is 2.05 bits per heavy atom. The average molecular weight is 292 g/mol. The van der Waals surface area contributed by atoms with Crippen molar-refractivity contribution in [2.24, 2.45) is 0 Å². The first-order chi connectivity index (χ1) is 10.2. The summed E-state index contributed by atoms with van der Waals surface area (Å²) in [6.45, 7) is 3.57. The van der Waals surface area contributed by atoms with Gasteiger partial charge in [-0.1, -0.05) is 0 Å². The summed E-state index contributed by atoms with van der Waals surface area (Å²) >= 11 is 0. The molecule has 0 aliphatic carbocycles. The van der Waals surface area contributed by atoms with Gasteiger partial charge in [0.15, 0.2) is 0 Å². The van der Waals surface area contributed by atoms with E-state index in [1.54, 1.807) is 24.3 Å². The number of anilines is 1. The lowest BCUT2D eigenvalue weighted by atomic mass is 10.2. The van der Waals surface area contributed by atoms with Gasteiger partial charge in [-0.3, -0.25) is 9.59 Å². The SMILES string of the molecule is CCOc1ccc(NC(=O)C(=O)NC[C@H]2CCCO2)cc1. The lowest BCUT2D eigenvalue weighted by molar-refractivity contribution is -0.136. The summed E-state index contributed by atoms with van der Waals surface area (Å²) in [6.07, 6.45) is 1.94. The highest BCUT2D eigenvalue weighted by Crippen LogP contribution is 2.15. The van der Waals surface area contributed by atoms with E-state index in [0.717, 1.165) is 25.2 Å². The monoisotopic (exact) mass is 292 g/mol. The molecule has 0 radical (unpaired) electrons. The third-order valence-corrected chi connectivity index (χ3v) is 3.14. The molecule has 2 amide bonds. The van der Waals surface area contributed by atoms with Crippen LogP contribution in [0, 0.1) is 0 Å². The van der Waals surface area contributed by atoms with E-state index in [1.807, 2.05) is 6.92 Å². The zero-order chi connectivity index (χ0) is 15.1. The van der Waals surface area contributed by atoms with Crippen molar-refractivity contribution < 1.29 is 19.1 Å². The molecule has 0 aromatic heterocycles. The molecule has 21 heavy (non-hydrogen) atoms. The molecular formula is C15H20N2O4. The van der Waals surface area contributed by atoms with Gasteiger partial charge < -0.3 is 20.1 Å². The second kappa shape index (κ2) is 7.64. The molecule has 1 aliphatic rings. The van der Waals surface area contributed by atoms with Gasteiger partial charge in [-0.2, -0.15) is 0 Å². The molecule has 1 heterocycles. The topological polar surface area (TPSA) is 76.7 Å². The summed E-state index contributed by atoms with van der Waals surface area (Å²) in [7, 11) is 0. The lowest BCUT2D eigenvalue weighted by Gasteiger charge is -2.11. The molecule has 2 N–H and O–H groups in total. The number of carbonyl (C=O) groups is 2. The highest BCUT2D eigenvalue weighted by molar-refractivity contribution is 6.39. The van der Waals surface area contributed by atoms with Crippen molar-refractivity contribution in [1.82, 2.24) is 5.32 Å². The van der Waals surface area contributed by atoms with Crippen LogP contribution in [0.1, 0.15) is 19.8 Å². The third-order valence-electron chi connectivity index (χ3n) is 3.14. The maximum atomic E-state index is 11.7. The van der Waals surface area contributed by atoms with Crippen LogP contribution in [0.5, 0.6) is 5.75 Å². The number of benzene rings is 1. The number of carbonyl (C=O) groups excluding carboxylic acids is 2. The van der Waals surface area contributed by atoms with E-state index in [0.29, 0.717) is 18.8 Å². The van der Waals surface area contributed by atoms with Gasteiger partial charge in [0.2, 0.25) is 0 Å². The number of amides is 2. The Hall–Kier alpha value is -2.08. The predicted molar refractivity (Wildman–Crippen MR) is 78.2 cm³/mol. The van der Waals surface area contributed by atoms with Crippen LogP contribution < -0.4 is 15.4 Å². The Kier molecular flexibility index (Phi) is 5.57. The molecule has 1 saturated heterocycles. The Balaban J connectivity index is 1.78. The standard InChI is InChI=1S/C15H20N2O4/c1-2-20-12-7-5-11(6-8-12)17-15(19)14(18)16-10-13-4-3-9-21-13/h5-8,13H,2-4,9-10H2,1H3,(H,16,18)(H,17,19)/t13-/m1/s1. The number of hydrogen-bond donors (Lipinski definition) is 2. The minimum atomic E-state index is -0.683. The summed E-state index contributed by atoms with van der Waals surface area (Å²) in [5, 5.41) is 5.11. The van der Waals surface area contributed by atoms with E-state index in [9.17, 15) is 9.59 Å².